The smallest absolute Gasteiger partial charge is 0.407 e. The fraction of sp³-hybridized carbons (Fsp3) is 0.526. The maximum Gasteiger partial charge on any atom is 0.407 e. The van der Waals surface area contributed by atoms with Gasteiger partial charge in [-0.3, -0.25) is 0 Å². The van der Waals surface area contributed by atoms with E-state index in [1.165, 1.54) is 4.90 Å². The third kappa shape index (κ3) is 3.13. The second-order valence-corrected chi connectivity index (χ2v) is 9.76. The number of amides is 1. The molecule has 5 heterocycles. The molecule has 12 heteroatoms. The summed E-state index contributed by atoms with van der Waals surface area (Å²) >= 11 is 18.9. The molecule has 2 aromatic rings. The molecule has 31 heavy (non-hydrogen) atoms. The number of nitrogens with zero attached hydrogens (tertiary/aromatic N) is 5. The first-order chi connectivity index (χ1) is 14.7. The van der Waals surface area contributed by atoms with Gasteiger partial charge in [0.05, 0.1) is 27.8 Å². The largest absolute Gasteiger partial charge is 0.465 e. The van der Waals surface area contributed by atoms with Gasteiger partial charge in [-0.15, -0.1) is 0 Å². The van der Waals surface area contributed by atoms with Gasteiger partial charge in [0.25, 0.3) is 0 Å². The summed E-state index contributed by atoms with van der Waals surface area (Å²) in [6.07, 6.45) is -0.0756. The molecule has 1 saturated carbocycles. The van der Waals surface area contributed by atoms with Crippen LogP contribution in [0.3, 0.4) is 0 Å². The first-order valence-corrected chi connectivity index (χ1v) is 11.1. The minimum Gasteiger partial charge on any atom is -0.465 e. The van der Waals surface area contributed by atoms with Crippen LogP contribution in [0.1, 0.15) is 6.42 Å². The molecule has 3 atom stereocenters. The summed E-state index contributed by atoms with van der Waals surface area (Å²) in [5.74, 6) is 0.824. The van der Waals surface area contributed by atoms with Crippen LogP contribution in [0.15, 0.2) is 0 Å². The number of carbonyl (C=O) groups is 1. The predicted octanol–water partition coefficient (Wildman–Crippen LogP) is 3.08. The van der Waals surface area contributed by atoms with Gasteiger partial charge in [-0.25, -0.2) is 14.8 Å². The lowest BCUT2D eigenvalue weighted by molar-refractivity contribution is 0.140. The van der Waals surface area contributed by atoms with Crippen LogP contribution in [0.25, 0.3) is 11.0 Å². The van der Waals surface area contributed by atoms with E-state index in [1.807, 2.05) is 14.1 Å². The molecule has 166 valence electrons. The van der Waals surface area contributed by atoms with Crippen LogP contribution in [0.5, 0.6) is 0 Å². The average molecular weight is 487 g/mol. The molecule has 4 N–H and O–H groups in total. The number of pyridine rings is 2. The van der Waals surface area contributed by atoms with Gasteiger partial charge < -0.3 is 30.9 Å². The Hall–Kier alpha value is -1.94. The van der Waals surface area contributed by atoms with E-state index in [9.17, 15) is 9.90 Å². The maximum absolute atomic E-state index is 11.5. The van der Waals surface area contributed by atoms with Crippen LogP contribution in [0.4, 0.5) is 22.0 Å². The van der Waals surface area contributed by atoms with E-state index in [0.29, 0.717) is 40.8 Å². The van der Waals surface area contributed by atoms with Crippen molar-refractivity contribution in [3.8, 4) is 0 Å². The summed E-state index contributed by atoms with van der Waals surface area (Å²) in [5, 5.41) is 13.3. The summed E-state index contributed by atoms with van der Waals surface area (Å²) in [7, 11) is 4.07. The Labute approximate surface area is 194 Å². The monoisotopic (exact) mass is 485 g/mol. The zero-order chi connectivity index (χ0) is 22.2. The van der Waals surface area contributed by atoms with E-state index >= 15 is 0 Å². The summed E-state index contributed by atoms with van der Waals surface area (Å²) in [5.41, 5.74) is 8.44. The van der Waals surface area contributed by atoms with E-state index in [4.69, 9.17) is 45.5 Å². The van der Waals surface area contributed by atoms with Gasteiger partial charge in [0.1, 0.15) is 21.9 Å². The van der Waals surface area contributed by atoms with Crippen molar-refractivity contribution in [2.75, 3.05) is 49.7 Å². The van der Waals surface area contributed by atoms with E-state index in [1.54, 1.807) is 0 Å². The Morgan fingerprint density at radius 1 is 1.16 bits per heavy atom. The molecule has 3 aliphatic heterocycles. The van der Waals surface area contributed by atoms with Crippen LogP contribution in [-0.4, -0.2) is 82.8 Å². The molecule has 1 amide bonds. The van der Waals surface area contributed by atoms with Gasteiger partial charge in [0.15, 0.2) is 5.82 Å². The Morgan fingerprint density at radius 2 is 1.87 bits per heavy atom. The number of anilines is 3. The minimum absolute atomic E-state index is 0.0576. The zero-order valence-electron chi connectivity index (χ0n) is 16.9. The second kappa shape index (κ2) is 7.30. The van der Waals surface area contributed by atoms with Gasteiger partial charge >= 0.3 is 6.09 Å². The van der Waals surface area contributed by atoms with E-state index in [-0.39, 0.29) is 33.2 Å². The zero-order valence-corrected chi connectivity index (χ0v) is 19.2. The molecule has 1 aliphatic carbocycles. The molecular formula is C19H22Cl3N7O2. The predicted molar refractivity (Wildman–Crippen MR) is 123 cm³/mol. The fourth-order valence-electron chi connectivity index (χ4n) is 4.74. The molecule has 4 fully saturated rings. The molecule has 2 bridgehead atoms. The van der Waals surface area contributed by atoms with Crippen molar-refractivity contribution < 1.29 is 9.90 Å². The number of hydrogen-bond donors (Lipinski definition) is 3. The molecule has 4 aliphatic rings. The first-order valence-electron chi connectivity index (χ1n) is 9.98. The van der Waals surface area contributed by atoms with E-state index in [2.05, 4.69) is 20.1 Å². The normalized spacial score (nSPS) is 25.2. The highest BCUT2D eigenvalue weighted by Crippen LogP contribution is 2.47. The molecule has 0 aromatic carbocycles. The highest BCUT2D eigenvalue weighted by atomic mass is 35.5. The summed E-state index contributed by atoms with van der Waals surface area (Å²) in [6, 6.07) is 0.244. The lowest BCUT2D eigenvalue weighted by Gasteiger charge is -2.44. The fourth-order valence-corrected chi connectivity index (χ4v) is 5.32. The van der Waals surface area contributed by atoms with Crippen molar-refractivity contribution >= 4 is 69.1 Å². The van der Waals surface area contributed by atoms with E-state index in [0.717, 1.165) is 19.5 Å². The van der Waals surface area contributed by atoms with Crippen molar-refractivity contribution in [1.82, 2.24) is 19.8 Å². The molecule has 3 saturated heterocycles. The second-order valence-electron chi connectivity index (χ2n) is 8.64. The number of halogens is 3. The standard InChI is InChI=1S/C19H22Cl3N7O2/c1-27(2)8-5-28(6-8)18-12(23)15(16-14(26-18)10(20)11(21)17(22)25-16)24-13-7-3-9(13)29(4-7)19(30)31/h7-9,13H,3-6,23H2,1-2H3,(H,24,26)(H,30,31). The number of carboxylic acid groups (broad SMARTS) is 1. The highest BCUT2D eigenvalue weighted by molar-refractivity contribution is 6.49. The number of nitrogens with one attached hydrogen (secondary N) is 1. The van der Waals surface area contributed by atoms with Gasteiger partial charge in [0.2, 0.25) is 0 Å². The van der Waals surface area contributed by atoms with Crippen molar-refractivity contribution in [2.45, 2.75) is 24.5 Å². The number of rotatable bonds is 4. The molecule has 2 aromatic heterocycles. The molecule has 6 rings (SSSR count). The third-order valence-electron chi connectivity index (χ3n) is 6.73. The Morgan fingerprint density at radius 3 is 2.48 bits per heavy atom. The number of fused-ring (bicyclic) bond motifs is 2. The van der Waals surface area contributed by atoms with Crippen molar-refractivity contribution in [2.24, 2.45) is 5.92 Å². The molecular weight excluding hydrogens is 465 g/mol. The topological polar surface area (TPSA) is 111 Å². The Kier molecular flexibility index (Phi) is 4.93. The number of likely N-dealkylation sites (N-methyl/N-ethyl adjacent to an activating group) is 1. The van der Waals surface area contributed by atoms with Crippen LogP contribution in [0.2, 0.25) is 15.2 Å². The van der Waals surface area contributed by atoms with Crippen LogP contribution in [-0.2, 0) is 0 Å². The van der Waals surface area contributed by atoms with Gasteiger partial charge in [-0.2, -0.15) is 0 Å². The molecule has 0 radical (unpaired) electrons. The highest BCUT2D eigenvalue weighted by Gasteiger charge is 2.54. The Balaban J connectivity index is 1.57. The summed E-state index contributed by atoms with van der Waals surface area (Å²) in [6.45, 7) is 2.07. The number of nitrogen functional groups attached to an aromatic ring is 1. The molecule has 3 unspecified atom stereocenters. The Bertz CT molecular complexity index is 1090. The molecule has 0 spiro atoms. The van der Waals surface area contributed by atoms with Crippen molar-refractivity contribution in [3.05, 3.63) is 15.2 Å². The summed E-state index contributed by atoms with van der Waals surface area (Å²) < 4.78 is 0. The maximum atomic E-state index is 11.5. The van der Waals surface area contributed by atoms with Gasteiger partial charge in [-0.05, 0) is 20.5 Å². The summed E-state index contributed by atoms with van der Waals surface area (Å²) in [4.78, 5) is 26.3. The van der Waals surface area contributed by atoms with Crippen molar-refractivity contribution in [1.29, 1.82) is 0 Å². The van der Waals surface area contributed by atoms with Crippen molar-refractivity contribution in [3.63, 3.8) is 0 Å². The minimum atomic E-state index is -0.906. The number of aromatic nitrogens is 2. The van der Waals surface area contributed by atoms with E-state index < -0.39 is 6.09 Å². The van der Waals surface area contributed by atoms with Crippen LogP contribution < -0.4 is 16.0 Å². The molecule has 9 nitrogen and oxygen atoms in total. The van der Waals surface area contributed by atoms with Gasteiger partial charge in [0, 0.05) is 31.6 Å². The SMILES string of the molecule is CN(C)C1CN(c2nc3c(Cl)c(Cl)c(Cl)nc3c(NC3C4CC3N(C(=O)O)C4)c2N)C1. The van der Waals surface area contributed by atoms with Crippen LogP contribution >= 0.6 is 34.8 Å². The number of hydrogen-bond acceptors (Lipinski definition) is 7. The first kappa shape index (κ1) is 20.9. The van der Waals surface area contributed by atoms with Crippen LogP contribution in [0, 0.1) is 5.92 Å². The third-order valence-corrected chi connectivity index (χ3v) is 7.93. The lowest BCUT2D eigenvalue weighted by Crippen LogP contribution is -2.58. The van der Waals surface area contributed by atoms with Gasteiger partial charge in [-0.1, -0.05) is 34.8 Å². The lowest BCUT2D eigenvalue weighted by atomic mass is 9.80. The number of nitrogens with two attached hydrogens (primary N) is 1. The quantitative estimate of drug-likeness (QED) is 0.566. The average Bonchev–Trinajstić information content (AvgIpc) is 3.25.